The molecule has 5 heterocycles. The van der Waals surface area contributed by atoms with Gasteiger partial charge in [-0.15, -0.1) is 5.10 Å². The summed E-state index contributed by atoms with van der Waals surface area (Å²) in [5.74, 6) is -0.815. The molecule has 250 valence electrons. The molecule has 1 saturated heterocycles. The molecule has 0 amide bonds. The average Bonchev–Trinajstić information content (AvgIpc) is 3.45. The predicted octanol–water partition coefficient (Wildman–Crippen LogP) is 4.63. The molecule has 0 unspecified atom stereocenters. The molecule has 0 aliphatic carbocycles. The monoisotopic (exact) mass is 662 g/mol. The lowest BCUT2D eigenvalue weighted by Crippen LogP contribution is -2.50. The first-order valence-electron chi connectivity index (χ1n) is 15.9. The number of hydrogen-bond donors (Lipinski definition) is 0. The van der Waals surface area contributed by atoms with Crippen LogP contribution in [0.25, 0.3) is 11.0 Å². The van der Waals surface area contributed by atoms with Gasteiger partial charge in [-0.3, -0.25) is 9.78 Å². The molecule has 0 N–H and O–H groups in total. The Bertz CT molecular complexity index is 1950. The fourth-order valence-corrected chi connectivity index (χ4v) is 8.45. The van der Waals surface area contributed by atoms with Crippen LogP contribution < -0.4 is 4.74 Å². The molecule has 3 aromatic heterocycles. The zero-order valence-electron chi connectivity index (χ0n) is 28.0. The Kier molecular flexibility index (Phi) is 8.60. The van der Waals surface area contributed by atoms with Gasteiger partial charge in [-0.2, -0.15) is 4.31 Å². The summed E-state index contributed by atoms with van der Waals surface area (Å²) < 4.78 is 49.3. The topological polar surface area (TPSA) is 139 Å². The van der Waals surface area contributed by atoms with Gasteiger partial charge in [0, 0.05) is 37.2 Å². The van der Waals surface area contributed by atoms with E-state index in [1.165, 1.54) is 11.4 Å². The molecule has 6 rings (SSSR count). The number of pyridine rings is 2. The molecule has 1 spiro atoms. The SMILES string of the molecule is CCn1nnc2c(C)c([C@@H](c3ccc(C)c(CN4CC5(CCOCC5)Oc5ncc(C)cc5S4(=O)=O)n3)C(C)(C)C(=O)OC)ccc21. The predicted molar refractivity (Wildman–Crippen MR) is 175 cm³/mol. The van der Waals surface area contributed by atoms with Gasteiger partial charge >= 0.3 is 5.97 Å². The van der Waals surface area contributed by atoms with Crippen LogP contribution in [0.1, 0.15) is 73.2 Å². The molecule has 1 atom stereocenters. The molecule has 2 aliphatic rings. The van der Waals surface area contributed by atoms with E-state index in [2.05, 4.69) is 15.3 Å². The van der Waals surface area contributed by atoms with E-state index in [0.717, 1.165) is 27.7 Å². The third-order valence-electron chi connectivity index (χ3n) is 9.63. The van der Waals surface area contributed by atoms with E-state index in [9.17, 15) is 13.2 Å². The second-order valence-electron chi connectivity index (χ2n) is 13.2. The first kappa shape index (κ1) is 33.0. The highest BCUT2D eigenvalue weighted by molar-refractivity contribution is 7.89. The van der Waals surface area contributed by atoms with Crippen LogP contribution in [-0.2, 0) is 37.4 Å². The quantitative estimate of drug-likeness (QED) is 0.258. The van der Waals surface area contributed by atoms with Crippen LogP contribution in [0.5, 0.6) is 5.88 Å². The maximum Gasteiger partial charge on any atom is 0.312 e. The van der Waals surface area contributed by atoms with Gasteiger partial charge in [0.05, 0.1) is 50.0 Å². The van der Waals surface area contributed by atoms with E-state index in [4.69, 9.17) is 19.2 Å². The summed E-state index contributed by atoms with van der Waals surface area (Å²) in [6.07, 6.45) is 2.68. The van der Waals surface area contributed by atoms with E-state index in [0.29, 0.717) is 49.6 Å². The number of aromatic nitrogens is 5. The van der Waals surface area contributed by atoms with Crippen molar-refractivity contribution in [3.63, 3.8) is 0 Å². The van der Waals surface area contributed by atoms with Crippen molar-refractivity contribution in [3.05, 3.63) is 70.2 Å². The van der Waals surface area contributed by atoms with E-state index >= 15 is 0 Å². The van der Waals surface area contributed by atoms with E-state index in [-0.39, 0.29) is 23.9 Å². The third-order valence-corrected chi connectivity index (χ3v) is 11.4. The molecule has 2 aliphatic heterocycles. The summed E-state index contributed by atoms with van der Waals surface area (Å²) in [5.41, 5.74) is 4.33. The number of ether oxygens (including phenoxy) is 3. The number of esters is 1. The smallest absolute Gasteiger partial charge is 0.312 e. The lowest BCUT2D eigenvalue weighted by Gasteiger charge is -2.38. The molecule has 0 bridgehead atoms. The van der Waals surface area contributed by atoms with Crippen molar-refractivity contribution < 1.29 is 27.4 Å². The largest absolute Gasteiger partial charge is 0.469 e. The van der Waals surface area contributed by atoms with Crippen LogP contribution in [0, 0.1) is 26.2 Å². The van der Waals surface area contributed by atoms with Gasteiger partial charge < -0.3 is 14.2 Å². The minimum Gasteiger partial charge on any atom is -0.469 e. The summed E-state index contributed by atoms with van der Waals surface area (Å²) in [7, 11) is -2.64. The van der Waals surface area contributed by atoms with Crippen LogP contribution in [-0.4, -0.2) is 76.1 Å². The molecule has 0 radical (unpaired) electrons. The van der Waals surface area contributed by atoms with Gasteiger partial charge in [0.1, 0.15) is 16.0 Å². The normalized spacial score (nSPS) is 18.4. The number of carbonyl (C=O) groups excluding carboxylic acids is 1. The minimum absolute atomic E-state index is 0.00950. The number of nitrogens with zero attached hydrogens (tertiary/aromatic N) is 6. The summed E-state index contributed by atoms with van der Waals surface area (Å²) in [6.45, 7) is 13.1. The summed E-state index contributed by atoms with van der Waals surface area (Å²) in [6, 6.07) is 9.43. The average molecular weight is 663 g/mol. The molecule has 4 aromatic rings. The lowest BCUT2D eigenvalue weighted by molar-refractivity contribution is -0.151. The van der Waals surface area contributed by atoms with Gasteiger partial charge in [0.15, 0.2) is 0 Å². The van der Waals surface area contributed by atoms with Gasteiger partial charge in [0.25, 0.3) is 0 Å². The van der Waals surface area contributed by atoms with Gasteiger partial charge in [-0.05, 0) is 82.0 Å². The first-order valence-corrected chi connectivity index (χ1v) is 17.4. The minimum atomic E-state index is -4.02. The molecule has 47 heavy (non-hydrogen) atoms. The van der Waals surface area contributed by atoms with Gasteiger partial charge in [-0.1, -0.05) is 17.3 Å². The van der Waals surface area contributed by atoms with Crippen LogP contribution >= 0.6 is 0 Å². The Morgan fingerprint density at radius 1 is 1.13 bits per heavy atom. The highest BCUT2D eigenvalue weighted by Gasteiger charge is 2.46. The molecule has 0 saturated carbocycles. The maximum absolute atomic E-state index is 14.3. The maximum atomic E-state index is 14.3. The second-order valence-corrected chi connectivity index (χ2v) is 15.1. The molecule has 13 heteroatoms. The van der Waals surface area contributed by atoms with Crippen molar-refractivity contribution >= 4 is 27.0 Å². The molecular weight excluding hydrogens is 620 g/mol. The van der Waals surface area contributed by atoms with Crippen molar-refractivity contribution in [2.45, 2.75) is 83.9 Å². The number of hydrogen-bond acceptors (Lipinski definition) is 10. The Labute approximate surface area is 275 Å². The number of carbonyl (C=O) groups is 1. The number of aryl methyl sites for hydroxylation is 4. The van der Waals surface area contributed by atoms with Crippen LogP contribution in [0.3, 0.4) is 0 Å². The number of benzene rings is 1. The van der Waals surface area contributed by atoms with Gasteiger partial charge in [0.2, 0.25) is 15.9 Å². The van der Waals surface area contributed by atoms with Crippen molar-refractivity contribution in [1.29, 1.82) is 0 Å². The van der Waals surface area contributed by atoms with Crippen molar-refractivity contribution in [2.75, 3.05) is 26.9 Å². The molecule has 1 fully saturated rings. The van der Waals surface area contributed by atoms with Crippen molar-refractivity contribution in [2.24, 2.45) is 5.41 Å². The van der Waals surface area contributed by atoms with E-state index in [1.807, 2.05) is 70.5 Å². The van der Waals surface area contributed by atoms with Crippen molar-refractivity contribution in [1.82, 2.24) is 29.3 Å². The van der Waals surface area contributed by atoms with E-state index in [1.54, 1.807) is 12.3 Å². The Hall–Kier alpha value is -3.94. The highest BCUT2D eigenvalue weighted by Crippen LogP contribution is 2.44. The fourth-order valence-electron chi connectivity index (χ4n) is 6.82. The number of rotatable bonds is 7. The second kappa shape index (κ2) is 12.3. The summed E-state index contributed by atoms with van der Waals surface area (Å²) >= 11 is 0. The zero-order chi connectivity index (χ0) is 33.7. The lowest BCUT2D eigenvalue weighted by atomic mass is 9.71. The fraction of sp³-hybridized carbons (Fsp3) is 0.500. The third kappa shape index (κ3) is 5.78. The van der Waals surface area contributed by atoms with Crippen molar-refractivity contribution in [3.8, 4) is 5.88 Å². The Morgan fingerprint density at radius 2 is 1.87 bits per heavy atom. The van der Waals surface area contributed by atoms with E-state index < -0.39 is 32.9 Å². The van der Waals surface area contributed by atoms with Crippen LogP contribution in [0.4, 0.5) is 0 Å². The zero-order valence-corrected chi connectivity index (χ0v) is 28.8. The van der Waals surface area contributed by atoms with Crippen LogP contribution in [0.15, 0.2) is 41.4 Å². The van der Waals surface area contributed by atoms with Crippen LogP contribution in [0.2, 0.25) is 0 Å². The number of sulfonamides is 1. The Morgan fingerprint density at radius 3 is 2.57 bits per heavy atom. The molecule has 1 aromatic carbocycles. The van der Waals surface area contributed by atoms with Gasteiger partial charge in [-0.25, -0.2) is 18.1 Å². The summed E-state index contributed by atoms with van der Waals surface area (Å²) in [5, 5.41) is 8.76. The molecule has 12 nitrogen and oxygen atoms in total. The Balaban J connectivity index is 1.47. The molecular formula is C34H42N6O6S. The first-order chi connectivity index (χ1) is 22.3. The highest BCUT2D eigenvalue weighted by atomic mass is 32.2. The number of fused-ring (bicyclic) bond motifs is 2. The standard InChI is InChI=1S/C34H42N6O6S/c1-8-40-27-12-10-24(23(4)30(27)37-38-40)29(33(5,6)32(41)44-7)25-11-9-22(3)26(36-25)19-39-20-34(13-15-45-16-14-34)46-31-28(47(39,42)43)17-21(2)18-35-31/h9-12,17-18,29H,8,13-16,19-20H2,1-7H3/t29-/m0/s1. The summed E-state index contributed by atoms with van der Waals surface area (Å²) in [4.78, 5) is 22.9. The number of methoxy groups -OCH3 is 1.